The first-order valence-electron chi connectivity index (χ1n) is 8.16. The van der Waals surface area contributed by atoms with Crippen LogP contribution in [0.25, 0.3) is 0 Å². The van der Waals surface area contributed by atoms with Crippen LogP contribution in [0.3, 0.4) is 0 Å². The highest BCUT2D eigenvalue weighted by molar-refractivity contribution is 5.83. The van der Waals surface area contributed by atoms with Gasteiger partial charge in [0.15, 0.2) is 0 Å². The highest BCUT2D eigenvalue weighted by atomic mass is 16.2. The second-order valence-electron chi connectivity index (χ2n) is 6.43. The van der Waals surface area contributed by atoms with Crippen molar-refractivity contribution >= 4 is 5.91 Å². The molecule has 0 radical (unpaired) electrons. The molecular weight excluding hydrogens is 274 g/mol. The molecule has 114 valence electrons. The zero-order chi connectivity index (χ0) is 14.9. The lowest BCUT2D eigenvalue weighted by Gasteiger charge is -2.33. The summed E-state index contributed by atoms with van der Waals surface area (Å²) in [5.74, 6) is 0.961. The lowest BCUT2D eigenvalue weighted by molar-refractivity contribution is -0.134. The van der Waals surface area contributed by atoms with Gasteiger partial charge >= 0.3 is 0 Å². The van der Waals surface area contributed by atoms with Crippen LogP contribution in [0.5, 0.6) is 0 Å². The van der Waals surface area contributed by atoms with Crippen molar-refractivity contribution in [2.24, 2.45) is 5.92 Å². The zero-order valence-electron chi connectivity index (χ0n) is 12.6. The summed E-state index contributed by atoms with van der Waals surface area (Å²) >= 11 is 0. The van der Waals surface area contributed by atoms with Crippen LogP contribution in [0.2, 0.25) is 0 Å². The summed E-state index contributed by atoms with van der Waals surface area (Å²) < 4.78 is 2.00. The van der Waals surface area contributed by atoms with Crippen LogP contribution < -0.4 is 0 Å². The van der Waals surface area contributed by atoms with E-state index in [0.29, 0.717) is 17.9 Å². The van der Waals surface area contributed by atoms with Gasteiger partial charge in [-0.1, -0.05) is 30.3 Å². The lowest BCUT2D eigenvalue weighted by atomic mass is 10.0. The lowest BCUT2D eigenvalue weighted by Crippen LogP contribution is -2.41. The number of rotatable bonds is 3. The van der Waals surface area contributed by atoms with Gasteiger partial charge < -0.3 is 4.90 Å². The third-order valence-corrected chi connectivity index (χ3v) is 4.94. The third kappa shape index (κ3) is 2.54. The van der Waals surface area contributed by atoms with Crippen molar-refractivity contribution in [3.8, 4) is 0 Å². The largest absolute Gasteiger partial charge is 0.340 e. The molecule has 1 saturated heterocycles. The van der Waals surface area contributed by atoms with Crippen LogP contribution in [0.4, 0.5) is 0 Å². The Hall–Kier alpha value is -2.10. The Morgan fingerprint density at radius 3 is 2.82 bits per heavy atom. The minimum Gasteiger partial charge on any atom is -0.340 e. The average molecular weight is 295 g/mol. The van der Waals surface area contributed by atoms with Gasteiger partial charge in [-0.25, -0.2) is 0 Å². The molecule has 1 saturated carbocycles. The SMILES string of the molecule is O=C([C@@H]1C[C@@H]1c1ccccc1)N1CCC[C@H](n2cccn2)C1. The maximum atomic E-state index is 12.8. The number of nitrogens with zero attached hydrogens (tertiary/aromatic N) is 3. The minimum absolute atomic E-state index is 0.193. The van der Waals surface area contributed by atoms with Crippen molar-refractivity contribution in [3.63, 3.8) is 0 Å². The highest BCUT2D eigenvalue weighted by Crippen LogP contribution is 2.48. The smallest absolute Gasteiger partial charge is 0.226 e. The summed E-state index contributed by atoms with van der Waals surface area (Å²) in [6, 6.07) is 12.7. The van der Waals surface area contributed by atoms with Crippen molar-refractivity contribution in [1.29, 1.82) is 0 Å². The number of carbonyl (C=O) groups excluding carboxylic acids is 1. The fourth-order valence-corrected chi connectivity index (χ4v) is 3.64. The summed E-state index contributed by atoms with van der Waals surface area (Å²) in [5, 5.41) is 4.34. The molecule has 2 heterocycles. The first-order valence-corrected chi connectivity index (χ1v) is 8.16. The second kappa shape index (κ2) is 5.59. The van der Waals surface area contributed by atoms with E-state index in [2.05, 4.69) is 34.3 Å². The van der Waals surface area contributed by atoms with E-state index in [9.17, 15) is 4.79 Å². The van der Waals surface area contributed by atoms with Gasteiger partial charge in [0, 0.05) is 31.4 Å². The summed E-state index contributed by atoms with van der Waals surface area (Å²) in [4.78, 5) is 14.8. The number of benzene rings is 1. The fraction of sp³-hybridized carbons (Fsp3) is 0.444. The van der Waals surface area contributed by atoms with Gasteiger partial charge in [-0.15, -0.1) is 0 Å². The van der Waals surface area contributed by atoms with Crippen LogP contribution in [0, 0.1) is 5.92 Å². The number of amides is 1. The van der Waals surface area contributed by atoms with Crippen molar-refractivity contribution < 1.29 is 4.79 Å². The standard InChI is InChI=1S/C18H21N3O/c22-18(17-12-16(17)14-6-2-1-3-7-14)20-10-4-8-15(13-20)21-11-5-9-19-21/h1-3,5-7,9,11,15-17H,4,8,10,12-13H2/t15-,16+,17+/m0/s1. The molecule has 3 atom stereocenters. The number of piperidine rings is 1. The van der Waals surface area contributed by atoms with Gasteiger partial charge in [0.05, 0.1) is 6.04 Å². The minimum atomic E-state index is 0.193. The summed E-state index contributed by atoms with van der Waals surface area (Å²) in [7, 11) is 0. The predicted molar refractivity (Wildman–Crippen MR) is 84.4 cm³/mol. The van der Waals surface area contributed by atoms with Crippen LogP contribution in [-0.4, -0.2) is 33.7 Å². The number of hydrogen-bond acceptors (Lipinski definition) is 2. The van der Waals surface area contributed by atoms with Crippen molar-refractivity contribution in [2.45, 2.75) is 31.2 Å². The summed E-state index contributed by atoms with van der Waals surface area (Å²) in [5.41, 5.74) is 1.31. The Balaban J connectivity index is 1.41. The molecule has 2 aliphatic rings. The molecule has 2 fully saturated rings. The van der Waals surface area contributed by atoms with E-state index in [1.54, 1.807) is 0 Å². The molecule has 0 spiro atoms. The normalized spacial score (nSPS) is 27.6. The van der Waals surface area contributed by atoms with Crippen LogP contribution in [0.15, 0.2) is 48.8 Å². The zero-order valence-corrected chi connectivity index (χ0v) is 12.6. The van der Waals surface area contributed by atoms with E-state index < -0.39 is 0 Å². The Kier molecular flexibility index (Phi) is 3.45. The Morgan fingerprint density at radius 1 is 1.18 bits per heavy atom. The molecule has 0 unspecified atom stereocenters. The molecule has 1 aliphatic heterocycles. The molecule has 1 aromatic heterocycles. The molecule has 1 amide bonds. The number of carbonyl (C=O) groups is 1. The number of aromatic nitrogens is 2. The quantitative estimate of drug-likeness (QED) is 0.873. The second-order valence-corrected chi connectivity index (χ2v) is 6.43. The Labute approximate surface area is 130 Å². The molecule has 1 aliphatic carbocycles. The molecule has 1 aromatic carbocycles. The predicted octanol–water partition coefficient (Wildman–Crippen LogP) is 2.85. The topological polar surface area (TPSA) is 38.1 Å². The van der Waals surface area contributed by atoms with Crippen molar-refractivity contribution in [3.05, 3.63) is 54.4 Å². The van der Waals surface area contributed by atoms with Gasteiger partial charge in [-0.2, -0.15) is 5.10 Å². The third-order valence-electron chi connectivity index (χ3n) is 4.94. The van der Waals surface area contributed by atoms with Gasteiger partial charge in [-0.3, -0.25) is 9.48 Å². The molecule has 0 N–H and O–H groups in total. The van der Waals surface area contributed by atoms with Crippen molar-refractivity contribution in [2.75, 3.05) is 13.1 Å². The Bertz CT molecular complexity index is 638. The number of likely N-dealkylation sites (tertiary alicyclic amines) is 1. The molecule has 2 aromatic rings. The van der Waals surface area contributed by atoms with Crippen molar-refractivity contribution in [1.82, 2.24) is 14.7 Å². The van der Waals surface area contributed by atoms with Crippen LogP contribution in [0.1, 0.15) is 36.8 Å². The van der Waals surface area contributed by atoms with E-state index >= 15 is 0 Å². The molecular formula is C18H21N3O. The molecule has 4 nitrogen and oxygen atoms in total. The molecule has 4 heteroatoms. The molecule has 22 heavy (non-hydrogen) atoms. The van der Waals surface area contributed by atoms with Gasteiger partial charge in [-0.05, 0) is 36.8 Å². The van der Waals surface area contributed by atoms with E-state index in [-0.39, 0.29) is 5.92 Å². The summed E-state index contributed by atoms with van der Waals surface area (Å²) in [6.45, 7) is 1.70. The summed E-state index contributed by atoms with van der Waals surface area (Å²) in [6.07, 6.45) is 7.00. The Morgan fingerprint density at radius 2 is 2.05 bits per heavy atom. The monoisotopic (exact) mass is 295 g/mol. The molecule has 4 rings (SSSR count). The highest BCUT2D eigenvalue weighted by Gasteiger charge is 2.46. The van der Waals surface area contributed by atoms with Crippen LogP contribution in [-0.2, 0) is 4.79 Å². The maximum absolute atomic E-state index is 12.8. The van der Waals surface area contributed by atoms with E-state index in [4.69, 9.17) is 0 Å². The van der Waals surface area contributed by atoms with E-state index in [0.717, 1.165) is 32.4 Å². The van der Waals surface area contributed by atoms with E-state index in [1.807, 2.05) is 29.2 Å². The van der Waals surface area contributed by atoms with E-state index in [1.165, 1.54) is 5.56 Å². The first-order chi connectivity index (χ1) is 10.8. The average Bonchev–Trinajstić information content (AvgIpc) is 3.19. The van der Waals surface area contributed by atoms with Gasteiger partial charge in [0.1, 0.15) is 0 Å². The van der Waals surface area contributed by atoms with Gasteiger partial charge in [0.25, 0.3) is 0 Å². The van der Waals surface area contributed by atoms with Crippen LogP contribution >= 0.6 is 0 Å². The van der Waals surface area contributed by atoms with Gasteiger partial charge in [0.2, 0.25) is 5.91 Å². The number of hydrogen-bond donors (Lipinski definition) is 0. The first kappa shape index (κ1) is 13.6. The molecule has 0 bridgehead atoms. The maximum Gasteiger partial charge on any atom is 0.226 e. The fourth-order valence-electron chi connectivity index (χ4n) is 3.64.